The van der Waals surface area contributed by atoms with Crippen LogP contribution in [0.4, 0.5) is 0 Å². The number of benzene rings is 2. The van der Waals surface area contributed by atoms with Crippen molar-refractivity contribution in [1.29, 1.82) is 0 Å². The van der Waals surface area contributed by atoms with Crippen molar-refractivity contribution < 1.29 is 19.4 Å². The van der Waals surface area contributed by atoms with Crippen molar-refractivity contribution in [2.75, 3.05) is 6.61 Å². The van der Waals surface area contributed by atoms with Crippen molar-refractivity contribution in [3.05, 3.63) is 69.5 Å². The second-order valence-corrected chi connectivity index (χ2v) is 9.49. The van der Waals surface area contributed by atoms with E-state index in [-0.39, 0.29) is 5.97 Å². The summed E-state index contributed by atoms with van der Waals surface area (Å²) in [6, 6.07) is 17.5. The van der Waals surface area contributed by atoms with E-state index in [1.165, 1.54) is 11.3 Å². The topological polar surface area (TPSA) is 63.6 Å². The summed E-state index contributed by atoms with van der Waals surface area (Å²) < 4.78 is 6.03. The quantitative estimate of drug-likeness (QED) is 0.439. The fraction of sp³-hybridized carbons (Fsp3) is 0.217. The third-order valence-corrected chi connectivity index (χ3v) is 6.95. The SMILES string of the molecule is CCOC(=O)C1(c2ccc(-c3ccc(-c4sc(Br)cc4C(=O)O)cc3)cc2)CC1. The van der Waals surface area contributed by atoms with Crippen molar-refractivity contribution in [1.82, 2.24) is 0 Å². The highest BCUT2D eigenvalue weighted by molar-refractivity contribution is 9.11. The Morgan fingerprint density at radius 3 is 2.10 bits per heavy atom. The summed E-state index contributed by atoms with van der Waals surface area (Å²) in [6.07, 6.45) is 1.67. The van der Waals surface area contributed by atoms with Gasteiger partial charge in [0.15, 0.2) is 0 Å². The minimum absolute atomic E-state index is 0.131. The van der Waals surface area contributed by atoms with Crippen LogP contribution in [0.3, 0.4) is 0 Å². The molecule has 0 bridgehead atoms. The summed E-state index contributed by atoms with van der Waals surface area (Å²) in [5, 5.41) is 9.40. The fourth-order valence-electron chi connectivity index (χ4n) is 3.53. The molecular weight excluding hydrogens is 452 g/mol. The number of aromatic carboxylic acids is 1. The first-order valence-corrected chi connectivity index (χ1v) is 11.0. The second kappa shape index (κ2) is 7.76. The number of hydrogen-bond donors (Lipinski definition) is 1. The number of thiophene rings is 1. The van der Waals surface area contributed by atoms with Gasteiger partial charge in [-0.3, -0.25) is 4.79 Å². The molecule has 148 valence electrons. The van der Waals surface area contributed by atoms with E-state index in [0.717, 1.165) is 43.8 Å². The van der Waals surface area contributed by atoms with Crippen LogP contribution >= 0.6 is 27.3 Å². The maximum absolute atomic E-state index is 12.3. The van der Waals surface area contributed by atoms with Gasteiger partial charge < -0.3 is 9.84 Å². The Hall–Kier alpha value is -2.44. The summed E-state index contributed by atoms with van der Waals surface area (Å²) in [5.41, 5.74) is 3.80. The van der Waals surface area contributed by atoms with E-state index in [0.29, 0.717) is 12.2 Å². The van der Waals surface area contributed by atoms with Crippen LogP contribution in [0.1, 0.15) is 35.7 Å². The first-order valence-electron chi connectivity index (χ1n) is 9.36. The number of ether oxygens (including phenoxy) is 1. The Bertz CT molecular complexity index is 1060. The van der Waals surface area contributed by atoms with Gasteiger partial charge in [0.2, 0.25) is 0 Å². The molecule has 1 fully saturated rings. The maximum atomic E-state index is 12.3. The highest BCUT2D eigenvalue weighted by Crippen LogP contribution is 2.49. The van der Waals surface area contributed by atoms with Gasteiger partial charge in [0.1, 0.15) is 0 Å². The number of rotatable bonds is 6. The molecule has 1 N–H and O–H groups in total. The van der Waals surface area contributed by atoms with E-state index in [1.807, 2.05) is 55.5 Å². The zero-order valence-corrected chi connectivity index (χ0v) is 18.2. The minimum atomic E-state index is -0.933. The normalized spacial score (nSPS) is 14.4. The fourth-order valence-corrected chi connectivity index (χ4v) is 5.13. The second-order valence-electron chi connectivity index (χ2n) is 7.06. The van der Waals surface area contributed by atoms with Gasteiger partial charge in [0.05, 0.1) is 21.4 Å². The molecule has 0 amide bonds. The van der Waals surface area contributed by atoms with Crippen LogP contribution < -0.4 is 0 Å². The molecule has 4 rings (SSSR count). The lowest BCUT2D eigenvalue weighted by atomic mass is 9.93. The largest absolute Gasteiger partial charge is 0.478 e. The highest BCUT2D eigenvalue weighted by Gasteiger charge is 2.52. The number of carbonyl (C=O) groups is 2. The van der Waals surface area contributed by atoms with Crippen molar-refractivity contribution in [2.24, 2.45) is 0 Å². The smallest absolute Gasteiger partial charge is 0.337 e. The van der Waals surface area contributed by atoms with Crippen LogP contribution in [0.2, 0.25) is 0 Å². The number of carboxylic acid groups (broad SMARTS) is 1. The summed E-state index contributed by atoms with van der Waals surface area (Å²) >= 11 is 4.78. The lowest BCUT2D eigenvalue weighted by Crippen LogP contribution is -2.23. The monoisotopic (exact) mass is 470 g/mol. The number of halogens is 1. The molecule has 0 spiro atoms. The van der Waals surface area contributed by atoms with E-state index in [1.54, 1.807) is 6.07 Å². The minimum Gasteiger partial charge on any atom is -0.478 e. The lowest BCUT2D eigenvalue weighted by Gasteiger charge is -2.14. The summed E-state index contributed by atoms with van der Waals surface area (Å²) in [5.74, 6) is -1.06. The van der Waals surface area contributed by atoms with Crippen LogP contribution in [0.15, 0.2) is 58.4 Å². The third kappa shape index (κ3) is 3.74. The molecule has 0 aliphatic heterocycles. The zero-order valence-electron chi connectivity index (χ0n) is 15.8. The molecule has 0 unspecified atom stereocenters. The first kappa shape index (κ1) is 19.9. The zero-order chi connectivity index (χ0) is 20.6. The van der Waals surface area contributed by atoms with Gasteiger partial charge in [0, 0.05) is 4.88 Å². The predicted octanol–water partition coefficient (Wildman–Crippen LogP) is 6.14. The van der Waals surface area contributed by atoms with Gasteiger partial charge in [0.25, 0.3) is 0 Å². The molecular formula is C23H19BrO4S. The Morgan fingerprint density at radius 2 is 1.59 bits per heavy atom. The number of carboxylic acids is 1. The molecule has 2 aromatic carbocycles. The Labute approximate surface area is 181 Å². The van der Waals surface area contributed by atoms with Crippen molar-refractivity contribution >= 4 is 39.2 Å². The van der Waals surface area contributed by atoms with Crippen LogP contribution in [-0.4, -0.2) is 23.7 Å². The highest BCUT2D eigenvalue weighted by atomic mass is 79.9. The average molecular weight is 471 g/mol. The molecule has 1 aromatic heterocycles. The van der Waals surface area contributed by atoms with Crippen molar-refractivity contribution in [3.63, 3.8) is 0 Å². The number of carbonyl (C=O) groups excluding carboxylic acids is 1. The standard InChI is InChI=1S/C23H19BrO4S/c1-2-28-22(27)23(11-12-23)17-9-7-15(8-10-17)14-3-5-16(6-4-14)20-18(21(25)26)13-19(24)29-20/h3-10,13H,2,11-12H2,1H3,(H,25,26). The van der Waals surface area contributed by atoms with Gasteiger partial charge in [-0.15, -0.1) is 11.3 Å². The summed E-state index contributed by atoms with van der Waals surface area (Å²) in [4.78, 5) is 24.5. The van der Waals surface area contributed by atoms with Gasteiger partial charge in [-0.25, -0.2) is 4.79 Å². The molecule has 0 radical (unpaired) electrons. The predicted molar refractivity (Wildman–Crippen MR) is 117 cm³/mol. The molecule has 1 aliphatic carbocycles. The van der Waals surface area contributed by atoms with Crippen LogP contribution in [0, 0.1) is 0 Å². The van der Waals surface area contributed by atoms with Gasteiger partial charge in [-0.05, 0) is 64.0 Å². The molecule has 4 nitrogen and oxygen atoms in total. The van der Waals surface area contributed by atoms with Crippen molar-refractivity contribution in [3.8, 4) is 21.6 Å². The average Bonchev–Trinajstić information content (AvgIpc) is 3.44. The van der Waals surface area contributed by atoms with E-state index < -0.39 is 11.4 Å². The molecule has 0 atom stereocenters. The molecule has 6 heteroatoms. The van der Waals surface area contributed by atoms with E-state index in [9.17, 15) is 14.7 Å². The molecule has 1 saturated carbocycles. The van der Waals surface area contributed by atoms with E-state index >= 15 is 0 Å². The first-order chi connectivity index (χ1) is 13.9. The molecule has 0 saturated heterocycles. The molecule has 29 heavy (non-hydrogen) atoms. The Morgan fingerprint density at radius 1 is 1.03 bits per heavy atom. The van der Waals surface area contributed by atoms with Gasteiger partial charge >= 0.3 is 11.9 Å². The van der Waals surface area contributed by atoms with E-state index in [2.05, 4.69) is 15.9 Å². The van der Waals surface area contributed by atoms with Gasteiger partial charge in [-0.2, -0.15) is 0 Å². The molecule has 1 aliphatic rings. The van der Waals surface area contributed by atoms with Gasteiger partial charge in [-0.1, -0.05) is 48.5 Å². The lowest BCUT2D eigenvalue weighted by molar-refractivity contribution is -0.146. The van der Waals surface area contributed by atoms with Crippen LogP contribution in [-0.2, 0) is 14.9 Å². The summed E-state index contributed by atoms with van der Waals surface area (Å²) in [7, 11) is 0. The summed E-state index contributed by atoms with van der Waals surface area (Å²) in [6.45, 7) is 2.23. The Kier molecular flexibility index (Phi) is 5.32. The molecule has 1 heterocycles. The van der Waals surface area contributed by atoms with Crippen LogP contribution in [0.5, 0.6) is 0 Å². The number of hydrogen-bond acceptors (Lipinski definition) is 4. The van der Waals surface area contributed by atoms with Crippen molar-refractivity contribution in [2.45, 2.75) is 25.2 Å². The third-order valence-electron chi connectivity index (χ3n) is 5.27. The number of esters is 1. The Balaban J connectivity index is 1.58. The van der Waals surface area contributed by atoms with Crippen LogP contribution in [0.25, 0.3) is 21.6 Å². The maximum Gasteiger partial charge on any atom is 0.337 e. The molecule has 3 aromatic rings. The van der Waals surface area contributed by atoms with E-state index in [4.69, 9.17) is 4.74 Å².